The van der Waals surface area contributed by atoms with Gasteiger partial charge in [-0.05, 0) is 12.1 Å². The van der Waals surface area contributed by atoms with Gasteiger partial charge in [0.15, 0.2) is 0 Å². The Kier molecular flexibility index (Phi) is 1.06. The zero-order chi connectivity index (χ0) is 9.19. The van der Waals surface area contributed by atoms with Crippen LogP contribution in [-0.2, 0) is 0 Å². The number of rotatable bonds is 1. The fraction of sp³-hybridized carbons (Fsp3) is 0.143. The van der Waals surface area contributed by atoms with Crippen LogP contribution >= 0.6 is 11.6 Å². The van der Waals surface area contributed by atoms with Crippen LogP contribution in [-0.4, -0.2) is 7.04 Å². The van der Waals surface area contributed by atoms with Crippen molar-refractivity contribution < 1.29 is 8.85 Å². The number of methoxy groups -OCH3 is 1. The highest BCUT2D eigenvalue weighted by atomic mass is 35.5. The van der Waals surface area contributed by atoms with E-state index >= 15 is 0 Å². The Morgan fingerprint density at radius 2 is 2.33 bits per heavy atom. The summed E-state index contributed by atoms with van der Waals surface area (Å²) in [6.07, 6.45) is 0. The molecular formula is C7H7ClO. The predicted molar refractivity (Wildman–Crippen MR) is 38.0 cm³/mol. The van der Waals surface area contributed by atoms with Gasteiger partial charge in [-0.3, -0.25) is 0 Å². The van der Waals surface area contributed by atoms with E-state index in [2.05, 4.69) is 4.74 Å². The summed E-state index contributed by atoms with van der Waals surface area (Å²) in [7, 11) is -2.44. The average Bonchev–Trinajstić information content (AvgIpc) is 1.91. The molecule has 1 aromatic carbocycles. The molecule has 0 amide bonds. The quantitative estimate of drug-likeness (QED) is 0.590. The third-order valence-corrected chi connectivity index (χ3v) is 1.26. The van der Waals surface area contributed by atoms with Gasteiger partial charge in [0.25, 0.3) is 0 Å². The maximum Gasteiger partial charge on any atom is 0.137 e. The summed E-state index contributed by atoms with van der Waals surface area (Å²) in [6.45, 7) is 0. The van der Waals surface area contributed by atoms with Gasteiger partial charge in [-0.2, -0.15) is 0 Å². The predicted octanol–water partition coefficient (Wildman–Crippen LogP) is 2.35. The first-order valence-electron chi connectivity index (χ1n) is 3.92. The van der Waals surface area contributed by atoms with Crippen LogP contribution in [0.2, 0.25) is 5.02 Å². The molecule has 2 heteroatoms. The maximum atomic E-state index is 6.82. The Balaban J connectivity index is 2.83. The van der Waals surface area contributed by atoms with Gasteiger partial charge in [-0.1, -0.05) is 23.7 Å². The van der Waals surface area contributed by atoms with Gasteiger partial charge < -0.3 is 4.74 Å². The van der Waals surface area contributed by atoms with Crippen LogP contribution in [0.4, 0.5) is 0 Å². The van der Waals surface area contributed by atoms with E-state index in [-0.39, 0.29) is 5.75 Å². The molecule has 0 aliphatic rings. The summed E-state index contributed by atoms with van der Waals surface area (Å²) in [5.74, 6) is 0.180. The second kappa shape index (κ2) is 2.74. The average molecular weight is 146 g/mol. The number of benzene rings is 1. The Labute approximate surface area is 63.4 Å². The first kappa shape index (κ1) is 3.47. The SMILES string of the molecule is [2H]C([2H])([2H])Oc1ccccc1Cl. The van der Waals surface area contributed by atoms with Gasteiger partial charge in [0.05, 0.1) is 16.2 Å². The highest BCUT2D eigenvalue weighted by Gasteiger charge is 1.93. The minimum absolute atomic E-state index is 0.180. The fourth-order valence-corrected chi connectivity index (χ4v) is 0.702. The molecule has 0 spiro atoms. The molecule has 0 saturated heterocycles. The molecule has 1 nitrogen and oxygen atoms in total. The lowest BCUT2D eigenvalue weighted by Crippen LogP contribution is -1.81. The van der Waals surface area contributed by atoms with Gasteiger partial charge in [0.2, 0.25) is 0 Å². The largest absolute Gasteiger partial charge is 0.495 e. The standard InChI is InChI=1S/C7H7ClO/c1-9-7-5-3-2-4-6(7)8/h2-5H,1H3/i1D3. The molecule has 0 aliphatic heterocycles. The zero-order valence-electron chi connectivity index (χ0n) is 7.60. The molecule has 1 rings (SSSR count). The van der Waals surface area contributed by atoms with Crippen molar-refractivity contribution in [3.05, 3.63) is 29.3 Å². The van der Waals surface area contributed by atoms with E-state index in [9.17, 15) is 0 Å². The molecule has 0 fully saturated rings. The van der Waals surface area contributed by atoms with Crippen LogP contribution in [0, 0.1) is 0 Å². The van der Waals surface area contributed by atoms with Crippen molar-refractivity contribution in [3.8, 4) is 5.75 Å². The molecule has 0 radical (unpaired) electrons. The lowest BCUT2D eigenvalue weighted by atomic mass is 10.3. The number of hydrogen-bond acceptors (Lipinski definition) is 1. The number of hydrogen-bond donors (Lipinski definition) is 0. The molecule has 0 saturated carbocycles. The smallest absolute Gasteiger partial charge is 0.137 e. The monoisotopic (exact) mass is 145 g/mol. The summed E-state index contributed by atoms with van der Waals surface area (Å²) < 4.78 is 25.1. The Hall–Kier alpha value is -0.690. The molecule has 48 valence electrons. The Bertz CT molecular complexity index is 272. The lowest BCUT2D eigenvalue weighted by molar-refractivity contribution is 0.415. The van der Waals surface area contributed by atoms with Gasteiger partial charge in [-0.15, -0.1) is 0 Å². The third kappa shape index (κ3) is 1.36. The van der Waals surface area contributed by atoms with E-state index in [0.29, 0.717) is 5.02 Å². The summed E-state index contributed by atoms with van der Waals surface area (Å²) in [6, 6.07) is 6.44. The molecule has 0 unspecified atom stereocenters. The second-order valence-corrected chi connectivity index (χ2v) is 1.94. The van der Waals surface area contributed by atoms with Crippen molar-refractivity contribution in [2.45, 2.75) is 0 Å². The van der Waals surface area contributed by atoms with E-state index in [1.807, 2.05) is 0 Å². The van der Waals surface area contributed by atoms with E-state index < -0.39 is 7.04 Å². The van der Waals surface area contributed by atoms with Gasteiger partial charge >= 0.3 is 0 Å². The van der Waals surface area contributed by atoms with Crippen LogP contribution in [0.25, 0.3) is 0 Å². The molecule has 1 aromatic rings. The third-order valence-electron chi connectivity index (χ3n) is 0.947. The van der Waals surface area contributed by atoms with Gasteiger partial charge in [-0.25, -0.2) is 0 Å². The van der Waals surface area contributed by atoms with Gasteiger partial charge in [0, 0.05) is 0 Å². The first-order chi connectivity index (χ1) is 5.49. The lowest BCUT2D eigenvalue weighted by Gasteiger charge is -1.98. The minimum atomic E-state index is -2.44. The van der Waals surface area contributed by atoms with E-state index in [0.717, 1.165) is 0 Å². The molecule has 0 heterocycles. The molecular weight excluding hydrogens is 136 g/mol. The number of halogens is 1. The minimum Gasteiger partial charge on any atom is -0.495 e. The molecule has 9 heavy (non-hydrogen) atoms. The Morgan fingerprint density at radius 3 is 3.00 bits per heavy atom. The second-order valence-electron chi connectivity index (χ2n) is 1.53. The van der Waals surface area contributed by atoms with Gasteiger partial charge in [0.1, 0.15) is 5.75 Å². The van der Waals surface area contributed by atoms with Crippen molar-refractivity contribution in [1.29, 1.82) is 0 Å². The highest BCUT2D eigenvalue weighted by molar-refractivity contribution is 6.32. The molecule has 0 aliphatic carbocycles. The van der Waals surface area contributed by atoms with Crippen LogP contribution < -0.4 is 4.74 Å². The normalized spacial score (nSPS) is 15.4. The molecule has 0 atom stereocenters. The van der Waals surface area contributed by atoms with Crippen LogP contribution in [0.3, 0.4) is 0 Å². The number of para-hydroxylation sites is 1. The summed E-state index contributed by atoms with van der Waals surface area (Å²) in [4.78, 5) is 0. The fourth-order valence-electron chi connectivity index (χ4n) is 0.528. The summed E-state index contributed by atoms with van der Waals surface area (Å²) >= 11 is 5.66. The molecule has 0 aromatic heterocycles. The first-order valence-corrected chi connectivity index (χ1v) is 2.80. The van der Waals surface area contributed by atoms with Crippen molar-refractivity contribution in [2.24, 2.45) is 0 Å². The van der Waals surface area contributed by atoms with E-state index in [4.69, 9.17) is 15.7 Å². The van der Waals surface area contributed by atoms with Crippen molar-refractivity contribution in [2.75, 3.05) is 7.04 Å². The van der Waals surface area contributed by atoms with Crippen LogP contribution in [0.15, 0.2) is 24.3 Å². The number of ether oxygens (including phenoxy) is 1. The maximum absolute atomic E-state index is 6.82. The highest BCUT2D eigenvalue weighted by Crippen LogP contribution is 2.21. The summed E-state index contributed by atoms with van der Waals surface area (Å²) in [5, 5.41) is 0.300. The zero-order valence-corrected chi connectivity index (χ0v) is 5.35. The van der Waals surface area contributed by atoms with Crippen LogP contribution in [0.1, 0.15) is 4.11 Å². The van der Waals surface area contributed by atoms with Crippen molar-refractivity contribution in [1.82, 2.24) is 0 Å². The van der Waals surface area contributed by atoms with E-state index in [1.165, 1.54) is 6.07 Å². The molecule has 0 bridgehead atoms. The van der Waals surface area contributed by atoms with E-state index in [1.54, 1.807) is 18.2 Å². The molecule has 0 N–H and O–H groups in total. The summed E-state index contributed by atoms with van der Waals surface area (Å²) in [5.41, 5.74) is 0. The topological polar surface area (TPSA) is 9.23 Å². The van der Waals surface area contributed by atoms with Crippen LogP contribution in [0.5, 0.6) is 5.75 Å². The van der Waals surface area contributed by atoms with Crippen molar-refractivity contribution >= 4 is 11.6 Å². The Morgan fingerprint density at radius 1 is 1.56 bits per heavy atom. The van der Waals surface area contributed by atoms with Crippen molar-refractivity contribution in [3.63, 3.8) is 0 Å².